The maximum atomic E-state index is 11.8. The Labute approximate surface area is 111 Å². The van der Waals surface area contributed by atoms with Crippen molar-refractivity contribution >= 4 is 17.7 Å². The summed E-state index contributed by atoms with van der Waals surface area (Å²) in [6, 6.07) is 1.42. The molecule has 5 heteroatoms. The van der Waals surface area contributed by atoms with Crippen molar-refractivity contribution in [2.45, 2.75) is 27.7 Å². The van der Waals surface area contributed by atoms with Gasteiger partial charge in [0.05, 0.1) is 17.7 Å². The number of Topliss-reactive ketones (excluding diaryl/α,β-unsaturated/α-hetero) is 1. The number of carboxylic acid groups (broad SMARTS) is 1. The zero-order valence-electron chi connectivity index (χ0n) is 11.4. The van der Waals surface area contributed by atoms with E-state index in [1.807, 2.05) is 0 Å². The Morgan fingerprint density at radius 3 is 2.21 bits per heavy atom. The molecule has 5 nitrogen and oxygen atoms in total. The summed E-state index contributed by atoms with van der Waals surface area (Å²) >= 11 is 0. The molecule has 1 aromatic carbocycles. The quantitative estimate of drug-likeness (QED) is 0.667. The molecule has 19 heavy (non-hydrogen) atoms. The standard InChI is InChI=1S/C14H16O5/c1-5-19-14(18)11-7(2)6-10(9(4)15)12(8(11)3)13(16)17/h6H,5H2,1-4H3,(H,16,17). The van der Waals surface area contributed by atoms with Crippen LogP contribution in [0.2, 0.25) is 0 Å². The lowest BCUT2D eigenvalue weighted by Crippen LogP contribution is -2.16. The second-order valence-corrected chi connectivity index (χ2v) is 4.20. The van der Waals surface area contributed by atoms with E-state index in [1.165, 1.54) is 19.9 Å². The molecule has 0 fully saturated rings. The summed E-state index contributed by atoms with van der Waals surface area (Å²) in [7, 11) is 0. The van der Waals surface area contributed by atoms with Crippen LogP contribution in [0.1, 0.15) is 56.0 Å². The molecule has 1 aromatic rings. The SMILES string of the molecule is CCOC(=O)c1c(C)cc(C(C)=O)c(C(=O)O)c1C. The van der Waals surface area contributed by atoms with E-state index in [0.717, 1.165) is 0 Å². The molecule has 1 N–H and O–H groups in total. The van der Waals surface area contributed by atoms with Crippen LogP contribution >= 0.6 is 0 Å². The summed E-state index contributed by atoms with van der Waals surface area (Å²) < 4.78 is 4.91. The molecule has 0 atom stereocenters. The van der Waals surface area contributed by atoms with E-state index < -0.39 is 11.9 Å². The first-order chi connectivity index (χ1) is 8.81. The van der Waals surface area contributed by atoms with E-state index in [9.17, 15) is 19.5 Å². The summed E-state index contributed by atoms with van der Waals surface area (Å²) in [5.41, 5.74) is 0.975. The lowest BCUT2D eigenvalue weighted by atomic mass is 9.91. The molecule has 0 aliphatic rings. The van der Waals surface area contributed by atoms with Crippen LogP contribution in [0.5, 0.6) is 0 Å². The molecular weight excluding hydrogens is 248 g/mol. The van der Waals surface area contributed by atoms with E-state index in [1.54, 1.807) is 13.8 Å². The van der Waals surface area contributed by atoms with E-state index in [2.05, 4.69) is 0 Å². The monoisotopic (exact) mass is 264 g/mol. The fourth-order valence-corrected chi connectivity index (χ4v) is 2.05. The van der Waals surface area contributed by atoms with Gasteiger partial charge in [-0.15, -0.1) is 0 Å². The number of ketones is 1. The molecular formula is C14H16O5. The molecule has 0 unspecified atom stereocenters. The van der Waals surface area contributed by atoms with Gasteiger partial charge in [-0.2, -0.15) is 0 Å². The number of hydrogen-bond donors (Lipinski definition) is 1. The summed E-state index contributed by atoms with van der Waals surface area (Å²) in [4.78, 5) is 34.6. The Morgan fingerprint density at radius 2 is 1.79 bits per heavy atom. The number of esters is 1. The molecule has 0 aliphatic heterocycles. The third kappa shape index (κ3) is 2.81. The maximum absolute atomic E-state index is 11.8. The summed E-state index contributed by atoms with van der Waals surface area (Å²) in [6.45, 7) is 6.33. The van der Waals surface area contributed by atoms with Crippen LogP contribution in [0.25, 0.3) is 0 Å². The highest BCUT2D eigenvalue weighted by Gasteiger charge is 2.24. The predicted molar refractivity (Wildman–Crippen MR) is 68.8 cm³/mol. The third-order valence-corrected chi connectivity index (χ3v) is 2.85. The zero-order chi connectivity index (χ0) is 14.7. The number of aromatic carboxylic acids is 1. The summed E-state index contributed by atoms with van der Waals surface area (Å²) in [6.07, 6.45) is 0. The minimum atomic E-state index is -1.23. The predicted octanol–water partition coefficient (Wildman–Crippen LogP) is 2.38. The van der Waals surface area contributed by atoms with Gasteiger partial charge in [-0.25, -0.2) is 9.59 Å². The van der Waals surface area contributed by atoms with Crippen LogP contribution in [0.4, 0.5) is 0 Å². The lowest BCUT2D eigenvalue weighted by molar-refractivity contribution is 0.0524. The van der Waals surface area contributed by atoms with Gasteiger partial charge >= 0.3 is 11.9 Å². The first-order valence-corrected chi connectivity index (χ1v) is 5.86. The van der Waals surface area contributed by atoms with Crippen molar-refractivity contribution in [3.63, 3.8) is 0 Å². The van der Waals surface area contributed by atoms with Crippen molar-refractivity contribution in [2.24, 2.45) is 0 Å². The number of ether oxygens (including phenoxy) is 1. The van der Waals surface area contributed by atoms with Crippen LogP contribution in [-0.4, -0.2) is 29.4 Å². The minimum Gasteiger partial charge on any atom is -0.478 e. The van der Waals surface area contributed by atoms with Gasteiger partial charge in [-0.1, -0.05) is 0 Å². The molecule has 0 aliphatic carbocycles. The first-order valence-electron chi connectivity index (χ1n) is 5.86. The van der Waals surface area contributed by atoms with Gasteiger partial charge in [0.1, 0.15) is 0 Å². The fraction of sp³-hybridized carbons (Fsp3) is 0.357. The smallest absolute Gasteiger partial charge is 0.338 e. The third-order valence-electron chi connectivity index (χ3n) is 2.85. The normalized spacial score (nSPS) is 10.1. The van der Waals surface area contributed by atoms with Crippen LogP contribution < -0.4 is 0 Å². The highest BCUT2D eigenvalue weighted by Crippen LogP contribution is 2.24. The molecule has 102 valence electrons. The van der Waals surface area contributed by atoms with Crippen molar-refractivity contribution in [1.82, 2.24) is 0 Å². The second-order valence-electron chi connectivity index (χ2n) is 4.20. The van der Waals surface area contributed by atoms with E-state index in [0.29, 0.717) is 5.56 Å². The van der Waals surface area contributed by atoms with E-state index >= 15 is 0 Å². The largest absolute Gasteiger partial charge is 0.478 e. The van der Waals surface area contributed by atoms with Crippen LogP contribution in [0.15, 0.2) is 6.07 Å². The molecule has 0 radical (unpaired) electrons. The molecule has 0 saturated heterocycles. The number of hydrogen-bond acceptors (Lipinski definition) is 4. The number of benzene rings is 1. The molecule has 0 heterocycles. The molecule has 0 bridgehead atoms. The van der Waals surface area contributed by atoms with Crippen molar-refractivity contribution < 1.29 is 24.2 Å². The van der Waals surface area contributed by atoms with E-state index in [-0.39, 0.29) is 34.6 Å². The number of carbonyl (C=O) groups is 3. The van der Waals surface area contributed by atoms with Gasteiger partial charge in [0.25, 0.3) is 0 Å². The molecule has 0 amide bonds. The Hall–Kier alpha value is -2.17. The number of rotatable bonds is 4. The Balaban J connectivity index is 3.61. The Bertz CT molecular complexity index is 557. The summed E-state index contributed by atoms with van der Waals surface area (Å²) in [5.74, 6) is -2.15. The van der Waals surface area contributed by atoms with Gasteiger partial charge < -0.3 is 9.84 Å². The fourth-order valence-electron chi connectivity index (χ4n) is 2.05. The van der Waals surface area contributed by atoms with Gasteiger partial charge in [-0.3, -0.25) is 4.79 Å². The topological polar surface area (TPSA) is 80.7 Å². The van der Waals surface area contributed by atoms with Crippen molar-refractivity contribution in [3.05, 3.63) is 33.9 Å². The Kier molecular flexibility index (Phi) is 4.43. The van der Waals surface area contributed by atoms with Crippen LogP contribution in [0.3, 0.4) is 0 Å². The Morgan fingerprint density at radius 1 is 1.21 bits per heavy atom. The molecule has 0 aromatic heterocycles. The highest BCUT2D eigenvalue weighted by atomic mass is 16.5. The second kappa shape index (κ2) is 5.65. The van der Waals surface area contributed by atoms with Crippen molar-refractivity contribution in [2.75, 3.05) is 6.61 Å². The zero-order valence-corrected chi connectivity index (χ0v) is 11.4. The van der Waals surface area contributed by atoms with Gasteiger partial charge in [-0.05, 0) is 44.9 Å². The number of carbonyl (C=O) groups excluding carboxylic acids is 2. The van der Waals surface area contributed by atoms with Gasteiger partial charge in [0, 0.05) is 5.56 Å². The summed E-state index contributed by atoms with van der Waals surface area (Å²) in [5, 5.41) is 9.22. The number of carboxylic acids is 1. The molecule has 0 spiro atoms. The number of aryl methyl sites for hydroxylation is 1. The minimum absolute atomic E-state index is 0.107. The molecule has 0 saturated carbocycles. The van der Waals surface area contributed by atoms with E-state index in [4.69, 9.17) is 4.74 Å². The van der Waals surface area contributed by atoms with Crippen molar-refractivity contribution in [3.8, 4) is 0 Å². The van der Waals surface area contributed by atoms with Gasteiger partial charge in [0.2, 0.25) is 0 Å². The first kappa shape index (κ1) is 14.9. The highest BCUT2D eigenvalue weighted by molar-refractivity contribution is 6.08. The maximum Gasteiger partial charge on any atom is 0.338 e. The van der Waals surface area contributed by atoms with Crippen LogP contribution in [0, 0.1) is 13.8 Å². The van der Waals surface area contributed by atoms with Crippen molar-refractivity contribution in [1.29, 1.82) is 0 Å². The van der Waals surface area contributed by atoms with Gasteiger partial charge in [0.15, 0.2) is 5.78 Å². The lowest BCUT2D eigenvalue weighted by Gasteiger charge is -2.14. The molecule has 1 rings (SSSR count). The average Bonchev–Trinajstić information content (AvgIpc) is 2.27. The average molecular weight is 264 g/mol. The van der Waals surface area contributed by atoms with Crippen LogP contribution in [-0.2, 0) is 4.74 Å².